The zero-order valence-corrected chi connectivity index (χ0v) is 14.9. The van der Waals surface area contributed by atoms with E-state index in [9.17, 15) is 0 Å². The monoisotopic (exact) mass is 328 g/mol. The highest BCUT2D eigenvalue weighted by atomic mass is 16.5. The predicted molar refractivity (Wildman–Crippen MR) is 101 cm³/mol. The van der Waals surface area contributed by atoms with Gasteiger partial charge in [-0.25, -0.2) is 0 Å². The number of hydrogen-bond acceptors (Lipinski definition) is 4. The molecule has 1 N–H and O–H groups in total. The molecule has 0 radical (unpaired) electrons. The lowest BCUT2D eigenvalue weighted by Crippen LogP contribution is -2.27. The maximum Gasteiger partial charge on any atom is 0.119 e. The summed E-state index contributed by atoms with van der Waals surface area (Å²) in [5, 5.41) is 3.37. The van der Waals surface area contributed by atoms with Gasteiger partial charge < -0.3 is 19.7 Å². The summed E-state index contributed by atoms with van der Waals surface area (Å²) in [6.07, 6.45) is 0. The van der Waals surface area contributed by atoms with Crippen molar-refractivity contribution in [1.82, 2.24) is 4.90 Å². The SMILES string of the molecule is CCOc1ccc(Nc2ccc(OCCN(CC)CC)cc2)cc1. The number of rotatable bonds is 10. The Kier molecular flexibility index (Phi) is 7.43. The fraction of sp³-hybridized carbons (Fsp3) is 0.400. The van der Waals surface area contributed by atoms with E-state index < -0.39 is 0 Å². The molecule has 4 heteroatoms. The van der Waals surface area contributed by atoms with Crippen LogP contribution in [-0.4, -0.2) is 37.7 Å². The van der Waals surface area contributed by atoms with Gasteiger partial charge in [0.25, 0.3) is 0 Å². The smallest absolute Gasteiger partial charge is 0.119 e. The third kappa shape index (κ3) is 5.78. The normalized spacial score (nSPS) is 10.7. The van der Waals surface area contributed by atoms with Crippen LogP contribution in [0.4, 0.5) is 11.4 Å². The van der Waals surface area contributed by atoms with Crippen molar-refractivity contribution >= 4 is 11.4 Å². The van der Waals surface area contributed by atoms with E-state index in [2.05, 4.69) is 24.1 Å². The summed E-state index contributed by atoms with van der Waals surface area (Å²) in [7, 11) is 0. The molecular weight excluding hydrogens is 300 g/mol. The van der Waals surface area contributed by atoms with Crippen molar-refractivity contribution < 1.29 is 9.47 Å². The Morgan fingerprint density at radius 1 is 0.750 bits per heavy atom. The second kappa shape index (κ2) is 9.83. The average Bonchev–Trinajstić information content (AvgIpc) is 2.62. The lowest BCUT2D eigenvalue weighted by atomic mass is 10.2. The quantitative estimate of drug-likeness (QED) is 0.694. The molecule has 0 fully saturated rings. The van der Waals surface area contributed by atoms with Gasteiger partial charge in [0.2, 0.25) is 0 Å². The van der Waals surface area contributed by atoms with Gasteiger partial charge in [0, 0.05) is 17.9 Å². The Labute approximate surface area is 145 Å². The Morgan fingerprint density at radius 2 is 1.25 bits per heavy atom. The predicted octanol–water partition coefficient (Wildman–Crippen LogP) is 4.55. The van der Waals surface area contributed by atoms with Crippen molar-refractivity contribution in [3.05, 3.63) is 48.5 Å². The fourth-order valence-electron chi connectivity index (χ4n) is 2.43. The maximum absolute atomic E-state index is 5.80. The van der Waals surface area contributed by atoms with Gasteiger partial charge in [-0.05, 0) is 68.5 Å². The van der Waals surface area contributed by atoms with E-state index in [1.165, 1.54) is 0 Å². The molecule has 0 aliphatic heterocycles. The van der Waals surface area contributed by atoms with E-state index in [4.69, 9.17) is 9.47 Å². The van der Waals surface area contributed by atoms with Crippen molar-refractivity contribution in [2.75, 3.05) is 38.2 Å². The van der Waals surface area contributed by atoms with Crippen LogP contribution in [0.1, 0.15) is 20.8 Å². The van der Waals surface area contributed by atoms with E-state index in [1.54, 1.807) is 0 Å². The number of nitrogens with zero attached hydrogens (tertiary/aromatic N) is 1. The van der Waals surface area contributed by atoms with E-state index in [1.807, 2.05) is 55.5 Å². The zero-order valence-electron chi connectivity index (χ0n) is 14.9. The molecule has 2 rings (SSSR count). The maximum atomic E-state index is 5.80. The molecule has 0 spiro atoms. The van der Waals surface area contributed by atoms with Gasteiger partial charge in [-0.3, -0.25) is 0 Å². The topological polar surface area (TPSA) is 33.7 Å². The van der Waals surface area contributed by atoms with Crippen LogP contribution in [0.25, 0.3) is 0 Å². The third-order valence-electron chi connectivity index (χ3n) is 3.88. The molecule has 0 unspecified atom stereocenters. The van der Waals surface area contributed by atoms with Gasteiger partial charge in [0.1, 0.15) is 18.1 Å². The van der Waals surface area contributed by atoms with Gasteiger partial charge >= 0.3 is 0 Å². The third-order valence-corrected chi connectivity index (χ3v) is 3.88. The van der Waals surface area contributed by atoms with Gasteiger partial charge in [0.15, 0.2) is 0 Å². The Bertz CT molecular complexity index is 578. The van der Waals surface area contributed by atoms with E-state index in [0.29, 0.717) is 13.2 Å². The highest BCUT2D eigenvalue weighted by Crippen LogP contribution is 2.22. The first-order valence-electron chi connectivity index (χ1n) is 8.70. The molecule has 0 amide bonds. The number of likely N-dealkylation sites (N-methyl/N-ethyl adjacent to an activating group) is 1. The van der Waals surface area contributed by atoms with Crippen LogP contribution in [0.2, 0.25) is 0 Å². The molecule has 0 aliphatic carbocycles. The molecule has 0 aliphatic rings. The average molecular weight is 328 g/mol. The standard InChI is InChI=1S/C20H28N2O2/c1-4-22(5-2)15-16-24-20-13-9-18(10-14-20)21-17-7-11-19(12-8-17)23-6-3/h7-14,21H,4-6,15-16H2,1-3H3. The van der Waals surface area contributed by atoms with Crippen LogP contribution >= 0.6 is 0 Å². The molecule has 0 heterocycles. The highest BCUT2D eigenvalue weighted by molar-refractivity contribution is 5.60. The van der Waals surface area contributed by atoms with Crippen LogP contribution in [0.5, 0.6) is 11.5 Å². The molecule has 0 bridgehead atoms. The minimum absolute atomic E-state index is 0.683. The van der Waals surface area contributed by atoms with Crippen molar-refractivity contribution in [2.45, 2.75) is 20.8 Å². The van der Waals surface area contributed by atoms with Crippen molar-refractivity contribution in [1.29, 1.82) is 0 Å². The first-order chi connectivity index (χ1) is 11.7. The lowest BCUT2D eigenvalue weighted by molar-refractivity contribution is 0.223. The summed E-state index contributed by atoms with van der Waals surface area (Å²) in [5.41, 5.74) is 2.07. The molecule has 2 aromatic rings. The number of ether oxygens (including phenoxy) is 2. The largest absolute Gasteiger partial charge is 0.494 e. The minimum atomic E-state index is 0.683. The highest BCUT2D eigenvalue weighted by Gasteiger charge is 2.01. The minimum Gasteiger partial charge on any atom is -0.494 e. The number of hydrogen-bond donors (Lipinski definition) is 1. The van der Waals surface area contributed by atoms with Crippen LogP contribution in [0, 0.1) is 0 Å². The fourth-order valence-corrected chi connectivity index (χ4v) is 2.43. The summed E-state index contributed by atoms with van der Waals surface area (Å²) in [4.78, 5) is 2.35. The molecule has 0 atom stereocenters. The molecular formula is C20H28N2O2. The van der Waals surface area contributed by atoms with Crippen molar-refractivity contribution in [3.63, 3.8) is 0 Å². The first kappa shape index (κ1) is 18.1. The second-order valence-electron chi connectivity index (χ2n) is 5.48. The van der Waals surface area contributed by atoms with Crippen LogP contribution < -0.4 is 14.8 Å². The van der Waals surface area contributed by atoms with E-state index in [0.717, 1.165) is 42.5 Å². The number of nitrogens with one attached hydrogen (secondary N) is 1. The van der Waals surface area contributed by atoms with Gasteiger partial charge in [-0.1, -0.05) is 13.8 Å². The van der Waals surface area contributed by atoms with Crippen molar-refractivity contribution in [2.24, 2.45) is 0 Å². The molecule has 130 valence electrons. The van der Waals surface area contributed by atoms with E-state index in [-0.39, 0.29) is 0 Å². The van der Waals surface area contributed by atoms with Crippen molar-refractivity contribution in [3.8, 4) is 11.5 Å². The molecule has 24 heavy (non-hydrogen) atoms. The zero-order chi connectivity index (χ0) is 17.2. The second-order valence-corrected chi connectivity index (χ2v) is 5.48. The summed E-state index contributed by atoms with van der Waals surface area (Å²) in [6.45, 7) is 10.8. The molecule has 0 aromatic heterocycles. The van der Waals surface area contributed by atoms with E-state index >= 15 is 0 Å². The van der Waals surface area contributed by atoms with Gasteiger partial charge in [0.05, 0.1) is 6.61 Å². The van der Waals surface area contributed by atoms with Gasteiger partial charge in [-0.15, -0.1) is 0 Å². The van der Waals surface area contributed by atoms with Gasteiger partial charge in [-0.2, -0.15) is 0 Å². The molecule has 0 saturated carbocycles. The summed E-state index contributed by atoms with van der Waals surface area (Å²) in [5.74, 6) is 1.79. The number of benzene rings is 2. The lowest BCUT2D eigenvalue weighted by Gasteiger charge is -2.18. The Hall–Kier alpha value is -2.20. The number of anilines is 2. The van der Waals surface area contributed by atoms with Crippen LogP contribution in [-0.2, 0) is 0 Å². The van der Waals surface area contributed by atoms with Crippen LogP contribution in [0.3, 0.4) is 0 Å². The summed E-state index contributed by atoms with van der Waals surface area (Å²) >= 11 is 0. The van der Waals surface area contributed by atoms with Crippen LogP contribution in [0.15, 0.2) is 48.5 Å². The first-order valence-corrected chi connectivity index (χ1v) is 8.70. The molecule has 2 aromatic carbocycles. The summed E-state index contributed by atoms with van der Waals surface area (Å²) < 4.78 is 11.3. The molecule has 4 nitrogen and oxygen atoms in total. The summed E-state index contributed by atoms with van der Waals surface area (Å²) in [6, 6.07) is 16.0. The molecule has 0 saturated heterocycles. The Morgan fingerprint density at radius 3 is 1.71 bits per heavy atom. The Balaban J connectivity index is 1.83.